The number of H-pyrrole nitrogens is 1. The zero-order valence-electron chi connectivity index (χ0n) is 16.2. The molecule has 6 nitrogen and oxygen atoms in total. The fourth-order valence-corrected chi connectivity index (χ4v) is 4.93. The zero-order valence-corrected chi connectivity index (χ0v) is 17.0. The van der Waals surface area contributed by atoms with Crippen molar-refractivity contribution in [3.05, 3.63) is 75.8 Å². The summed E-state index contributed by atoms with van der Waals surface area (Å²) in [5, 5.41) is 0. The number of nitrogens with zero attached hydrogens (tertiary/aromatic N) is 4. The maximum atomic E-state index is 5.95. The molecule has 3 heterocycles. The van der Waals surface area contributed by atoms with Gasteiger partial charge in [0.15, 0.2) is 0 Å². The van der Waals surface area contributed by atoms with Gasteiger partial charge in [0.05, 0.1) is 40.5 Å². The lowest BCUT2D eigenvalue weighted by atomic mass is 9.90. The third-order valence-electron chi connectivity index (χ3n) is 5.66. The van der Waals surface area contributed by atoms with E-state index >= 15 is 0 Å². The summed E-state index contributed by atoms with van der Waals surface area (Å²) >= 11 is 1.63. The molecule has 29 heavy (non-hydrogen) atoms. The first-order valence-electron chi connectivity index (χ1n) is 10.0. The van der Waals surface area contributed by atoms with Gasteiger partial charge in [0, 0.05) is 24.2 Å². The number of aromatic amines is 1. The van der Waals surface area contributed by atoms with E-state index in [0.717, 1.165) is 53.4 Å². The standard InChI is InChI=1S/C22H24N6S/c23-11-20-18(25-14-29-20)12-28(13-21-26-16-7-1-2-8-17(16)27-21)19-9-3-5-15-6-4-10-24-22(15)19/h1-2,4,6-8,10,14,19H,3,5,9,11-13,23H2,(H,26,27). The molecule has 7 heteroatoms. The number of para-hydroxylation sites is 2. The van der Waals surface area contributed by atoms with Crippen LogP contribution in [0.2, 0.25) is 0 Å². The number of fused-ring (bicyclic) bond motifs is 2. The van der Waals surface area contributed by atoms with Gasteiger partial charge in [-0.25, -0.2) is 9.97 Å². The summed E-state index contributed by atoms with van der Waals surface area (Å²) in [5.41, 5.74) is 13.5. The number of thiazole rings is 1. The molecule has 0 saturated heterocycles. The molecule has 4 aromatic rings. The molecule has 148 valence electrons. The van der Waals surface area contributed by atoms with Gasteiger partial charge >= 0.3 is 0 Å². The van der Waals surface area contributed by atoms with Crippen LogP contribution >= 0.6 is 11.3 Å². The van der Waals surface area contributed by atoms with Crippen molar-refractivity contribution < 1.29 is 0 Å². The van der Waals surface area contributed by atoms with Crippen LogP contribution in [0.5, 0.6) is 0 Å². The number of benzene rings is 1. The van der Waals surface area contributed by atoms with E-state index in [4.69, 9.17) is 15.7 Å². The van der Waals surface area contributed by atoms with Gasteiger partial charge in [-0.2, -0.15) is 0 Å². The van der Waals surface area contributed by atoms with Crippen LogP contribution in [0, 0.1) is 0 Å². The van der Waals surface area contributed by atoms with E-state index in [1.165, 1.54) is 17.7 Å². The van der Waals surface area contributed by atoms with Crippen LogP contribution in [0.4, 0.5) is 0 Å². The third kappa shape index (κ3) is 3.69. The molecule has 3 N–H and O–H groups in total. The summed E-state index contributed by atoms with van der Waals surface area (Å²) < 4.78 is 0. The Kier molecular flexibility index (Phi) is 5.10. The molecular formula is C22H24N6S. The Morgan fingerprint density at radius 1 is 1.14 bits per heavy atom. The highest BCUT2D eigenvalue weighted by atomic mass is 32.1. The lowest BCUT2D eigenvalue weighted by Gasteiger charge is -2.34. The molecule has 0 saturated carbocycles. The largest absolute Gasteiger partial charge is 0.341 e. The molecule has 1 aromatic carbocycles. The predicted molar refractivity (Wildman–Crippen MR) is 115 cm³/mol. The Morgan fingerprint density at radius 3 is 2.97 bits per heavy atom. The molecule has 1 atom stereocenters. The topological polar surface area (TPSA) is 83.7 Å². The van der Waals surface area contributed by atoms with Crippen molar-refractivity contribution in [2.75, 3.05) is 0 Å². The second kappa shape index (κ2) is 8.02. The number of nitrogens with two attached hydrogens (primary N) is 1. The number of nitrogens with one attached hydrogen (secondary N) is 1. The molecule has 0 aliphatic heterocycles. The Bertz CT molecular complexity index is 1080. The van der Waals surface area contributed by atoms with Gasteiger partial charge in [0.25, 0.3) is 0 Å². The number of pyridine rings is 1. The summed E-state index contributed by atoms with van der Waals surface area (Å²) in [4.78, 5) is 21.3. The van der Waals surface area contributed by atoms with Crippen molar-refractivity contribution in [2.24, 2.45) is 5.73 Å². The van der Waals surface area contributed by atoms with Crippen molar-refractivity contribution >= 4 is 22.4 Å². The van der Waals surface area contributed by atoms with Crippen LogP contribution in [-0.4, -0.2) is 24.8 Å². The first kappa shape index (κ1) is 18.4. The minimum atomic E-state index is 0.250. The van der Waals surface area contributed by atoms with Gasteiger partial charge in [-0.05, 0) is 43.0 Å². The summed E-state index contributed by atoms with van der Waals surface area (Å²) in [6.45, 7) is 1.99. The van der Waals surface area contributed by atoms with Crippen molar-refractivity contribution in [3.63, 3.8) is 0 Å². The van der Waals surface area contributed by atoms with Crippen LogP contribution in [-0.2, 0) is 26.1 Å². The SMILES string of the molecule is NCc1scnc1CN(Cc1nc2ccccc2[nH]1)C1CCCc2cccnc21. The van der Waals surface area contributed by atoms with E-state index < -0.39 is 0 Å². The molecule has 0 radical (unpaired) electrons. The normalized spacial score (nSPS) is 16.4. The minimum Gasteiger partial charge on any atom is -0.341 e. The fourth-order valence-electron chi connectivity index (χ4n) is 4.27. The van der Waals surface area contributed by atoms with Crippen LogP contribution in [0.25, 0.3) is 11.0 Å². The average molecular weight is 405 g/mol. The van der Waals surface area contributed by atoms with Crippen LogP contribution in [0.3, 0.4) is 0 Å². The van der Waals surface area contributed by atoms with Gasteiger partial charge < -0.3 is 10.7 Å². The van der Waals surface area contributed by atoms with Crippen molar-refractivity contribution in [3.8, 4) is 0 Å². The van der Waals surface area contributed by atoms with E-state index in [0.29, 0.717) is 6.54 Å². The monoisotopic (exact) mass is 404 g/mol. The van der Waals surface area contributed by atoms with Crippen molar-refractivity contribution in [1.29, 1.82) is 0 Å². The summed E-state index contributed by atoms with van der Waals surface area (Å²) in [6.07, 6.45) is 5.26. The van der Waals surface area contributed by atoms with Crippen molar-refractivity contribution in [1.82, 2.24) is 24.8 Å². The van der Waals surface area contributed by atoms with Crippen LogP contribution in [0.15, 0.2) is 48.1 Å². The first-order valence-corrected chi connectivity index (χ1v) is 10.9. The fraction of sp³-hybridized carbons (Fsp3) is 0.318. The average Bonchev–Trinajstić information content (AvgIpc) is 3.38. The maximum absolute atomic E-state index is 5.95. The van der Waals surface area contributed by atoms with Gasteiger partial charge in [-0.1, -0.05) is 18.2 Å². The van der Waals surface area contributed by atoms with Crippen LogP contribution < -0.4 is 5.73 Å². The number of aromatic nitrogens is 4. The Balaban J connectivity index is 1.51. The second-order valence-electron chi connectivity index (χ2n) is 7.49. The number of imidazole rings is 1. The van der Waals surface area contributed by atoms with E-state index in [2.05, 4.69) is 27.0 Å². The molecule has 0 fully saturated rings. The maximum Gasteiger partial charge on any atom is 0.121 e. The van der Waals surface area contributed by atoms with E-state index in [1.54, 1.807) is 11.3 Å². The molecule has 1 unspecified atom stereocenters. The number of hydrogen-bond donors (Lipinski definition) is 2. The lowest BCUT2D eigenvalue weighted by Crippen LogP contribution is -2.32. The highest BCUT2D eigenvalue weighted by Gasteiger charge is 2.29. The molecule has 0 amide bonds. The summed E-state index contributed by atoms with van der Waals surface area (Å²) in [6, 6.07) is 12.7. The molecule has 1 aliphatic carbocycles. The number of rotatable bonds is 6. The first-order chi connectivity index (χ1) is 14.3. The highest BCUT2D eigenvalue weighted by molar-refractivity contribution is 7.09. The van der Waals surface area contributed by atoms with Gasteiger partial charge in [0.1, 0.15) is 5.82 Å². The molecule has 5 rings (SSSR count). The molecule has 0 spiro atoms. The Morgan fingerprint density at radius 2 is 2.07 bits per heavy atom. The Labute approximate surface area is 173 Å². The quantitative estimate of drug-likeness (QED) is 0.508. The molecular weight excluding hydrogens is 380 g/mol. The predicted octanol–water partition coefficient (Wildman–Crippen LogP) is 3.95. The summed E-state index contributed by atoms with van der Waals surface area (Å²) in [5.74, 6) is 0.971. The smallest absolute Gasteiger partial charge is 0.121 e. The van der Waals surface area contributed by atoms with Crippen LogP contribution in [0.1, 0.15) is 46.5 Å². The highest BCUT2D eigenvalue weighted by Crippen LogP contribution is 2.35. The van der Waals surface area contributed by atoms with Gasteiger partial charge in [-0.15, -0.1) is 11.3 Å². The molecule has 1 aliphatic rings. The number of aryl methyl sites for hydroxylation is 1. The van der Waals surface area contributed by atoms with E-state index in [9.17, 15) is 0 Å². The van der Waals surface area contributed by atoms with E-state index in [1.807, 2.05) is 36.0 Å². The van der Waals surface area contributed by atoms with Gasteiger partial charge in [-0.3, -0.25) is 9.88 Å². The Hall–Kier alpha value is -2.61. The number of hydrogen-bond acceptors (Lipinski definition) is 6. The molecule has 3 aromatic heterocycles. The van der Waals surface area contributed by atoms with Gasteiger partial charge in [0.2, 0.25) is 0 Å². The zero-order chi connectivity index (χ0) is 19.6. The summed E-state index contributed by atoms with van der Waals surface area (Å²) in [7, 11) is 0. The third-order valence-corrected chi connectivity index (χ3v) is 6.56. The minimum absolute atomic E-state index is 0.250. The second-order valence-corrected chi connectivity index (χ2v) is 8.43. The lowest BCUT2D eigenvalue weighted by molar-refractivity contribution is 0.151. The van der Waals surface area contributed by atoms with E-state index in [-0.39, 0.29) is 6.04 Å². The van der Waals surface area contributed by atoms with Crippen molar-refractivity contribution in [2.45, 2.75) is 44.9 Å². The molecule has 0 bridgehead atoms.